The number of benzene rings is 1. The van der Waals surface area contributed by atoms with Gasteiger partial charge in [-0.15, -0.1) is 0 Å². The van der Waals surface area contributed by atoms with Gasteiger partial charge in [0.05, 0.1) is 6.61 Å². The largest absolute Gasteiger partial charge is 0.481 e. The van der Waals surface area contributed by atoms with Gasteiger partial charge in [0, 0.05) is 18.7 Å². The van der Waals surface area contributed by atoms with Gasteiger partial charge in [0.15, 0.2) is 6.10 Å². The molecule has 4 nitrogen and oxygen atoms in total. The number of hydrogen-bond acceptors (Lipinski definition) is 3. The maximum Gasteiger partial charge on any atom is 0.260 e. The van der Waals surface area contributed by atoms with Crippen LogP contribution in [-0.2, 0) is 9.53 Å². The number of halogens is 1. The van der Waals surface area contributed by atoms with Gasteiger partial charge >= 0.3 is 0 Å². The third kappa shape index (κ3) is 5.40. The molecule has 1 aliphatic rings. The van der Waals surface area contributed by atoms with Crippen LogP contribution in [0.25, 0.3) is 0 Å². The van der Waals surface area contributed by atoms with Crippen LogP contribution in [0.5, 0.6) is 5.75 Å². The van der Waals surface area contributed by atoms with Gasteiger partial charge in [0.2, 0.25) is 0 Å². The van der Waals surface area contributed by atoms with E-state index in [9.17, 15) is 4.79 Å². The highest BCUT2D eigenvalue weighted by molar-refractivity contribution is 6.30. The summed E-state index contributed by atoms with van der Waals surface area (Å²) >= 11 is 6.17. The minimum absolute atomic E-state index is 0.133. The summed E-state index contributed by atoms with van der Waals surface area (Å²) < 4.78 is 10.9. The summed E-state index contributed by atoms with van der Waals surface area (Å²) in [6, 6.07) is 5.69. The lowest BCUT2D eigenvalue weighted by Gasteiger charge is -2.25. The molecule has 0 bridgehead atoms. The van der Waals surface area contributed by atoms with Gasteiger partial charge in [-0.25, -0.2) is 0 Å². The van der Waals surface area contributed by atoms with Crippen molar-refractivity contribution in [2.45, 2.75) is 51.0 Å². The molecule has 0 spiro atoms. The van der Waals surface area contributed by atoms with E-state index in [4.69, 9.17) is 21.1 Å². The zero-order valence-electron chi connectivity index (χ0n) is 13.9. The van der Waals surface area contributed by atoms with Gasteiger partial charge in [0.25, 0.3) is 5.91 Å². The number of carbonyl (C=O) groups excluding carboxylic acids is 1. The summed E-state index contributed by atoms with van der Waals surface area (Å²) in [6.45, 7) is 2.74. The van der Waals surface area contributed by atoms with E-state index in [1.807, 2.05) is 18.2 Å². The fourth-order valence-electron chi connectivity index (χ4n) is 3.02. The topological polar surface area (TPSA) is 47.6 Å². The molecule has 128 valence electrons. The van der Waals surface area contributed by atoms with Crippen molar-refractivity contribution in [3.8, 4) is 5.75 Å². The Bertz CT molecular complexity index is 515. The number of ether oxygens (including phenoxy) is 2. The molecule has 1 saturated carbocycles. The Morgan fingerprint density at radius 2 is 2.09 bits per heavy atom. The van der Waals surface area contributed by atoms with Gasteiger partial charge < -0.3 is 14.8 Å². The normalized spacial score (nSPS) is 16.8. The van der Waals surface area contributed by atoms with Crippen LogP contribution in [0.15, 0.2) is 18.2 Å². The van der Waals surface area contributed by atoms with Crippen LogP contribution in [0.3, 0.4) is 0 Å². The number of carbonyl (C=O) groups is 1. The number of amides is 1. The Morgan fingerprint density at radius 3 is 2.78 bits per heavy atom. The van der Waals surface area contributed by atoms with Crippen molar-refractivity contribution in [1.82, 2.24) is 5.32 Å². The van der Waals surface area contributed by atoms with Crippen molar-refractivity contribution in [2.24, 2.45) is 0 Å². The first-order valence-corrected chi connectivity index (χ1v) is 8.72. The van der Waals surface area contributed by atoms with E-state index in [1.165, 1.54) is 19.3 Å². The van der Waals surface area contributed by atoms with E-state index >= 15 is 0 Å². The van der Waals surface area contributed by atoms with E-state index in [0.717, 1.165) is 29.2 Å². The maximum atomic E-state index is 12.1. The van der Waals surface area contributed by atoms with Crippen LogP contribution in [0.4, 0.5) is 0 Å². The first kappa shape index (κ1) is 18.1. The van der Waals surface area contributed by atoms with Crippen LogP contribution < -0.4 is 10.1 Å². The molecule has 1 amide bonds. The molecule has 5 heteroatoms. The first-order chi connectivity index (χ1) is 11.1. The highest BCUT2D eigenvalue weighted by Crippen LogP contribution is 2.39. The molecule has 1 fully saturated rings. The minimum Gasteiger partial charge on any atom is -0.481 e. The standard InChI is InChI=1S/C18H26ClNO3/c1-13(18(21)20-10-11-22-2)23-17-9-8-15(19)12-16(17)14-6-4-3-5-7-14/h8-9,12-14H,3-7,10-11H2,1-2H3,(H,20,21)/t13-/m0/s1. The number of hydrogen-bond donors (Lipinski definition) is 1. The van der Waals surface area contributed by atoms with E-state index in [0.29, 0.717) is 19.1 Å². The van der Waals surface area contributed by atoms with Crippen molar-refractivity contribution < 1.29 is 14.3 Å². The zero-order valence-corrected chi connectivity index (χ0v) is 14.7. The predicted octanol–water partition coefficient (Wildman–Crippen LogP) is 3.92. The Morgan fingerprint density at radius 1 is 1.35 bits per heavy atom. The summed E-state index contributed by atoms with van der Waals surface area (Å²) in [7, 11) is 1.61. The molecule has 2 rings (SSSR count). The van der Waals surface area contributed by atoms with Gasteiger partial charge in [0.1, 0.15) is 5.75 Å². The molecule has 0 heterocycles. The SMILES string of the molecule is COCCNC(=O)[C@H](C)Oc1ccc(Cl)cc1C1CCCCC1. The molecule has 1 aliphatic carbocycles. The number of rotatable bonds is 7. The molecule has 0 aromatic heterocycles. The fraction of sp³-hybridized carbons (Fsp3) is 0.611. The quantitative estimate of drug-likeness (QED) is 0.766. The second kappa shape index (κ2) is 9.14. The van der Waals surface area contributed by atoms with Crippen molar-refractivity contribution in [3.05, 3.63) is 28.8 Å². The Kier molecular flexibility index (Phi) is 7.18. The van der Waals surface area contributed by atoms with Gasteiger partial charge in [-0.1, -0.05) is 30.9 Å². The van der Waals surface area contributed by atoms with E-state index in [2.05, 4.69) is 5.32 Å². The summed E-state index contributed by atoms with van der Waals surface area (Å²) in [5, 5.41) is 3.52. The first-order valence-electron chi connectivity index (χ1n) is 8.34. The molecular formula is C18H26ClNO3. The zero-order chi connectivity index (χ0) is 16.7. The smallest absolute Gasteiger partial charge is 0.260 e. The molecule has 1 N–H and O–H groups in total. The molecule has 0 radical (unpaired) electrons. The lowest BCUT2D eigenvalue weighted by atomic mass is 9.83. The highest BCUT2D eigenvalue weighted by atomic mass is 35.5. The van der Waals surface area contributed by atoms with Crippen LogP contribution >= 0.6 is 11.6 Å². The second-order valence-electron chi connectivity index (χ2n) is 6.06. The number of nitrogens with one attached hydrogen (secondary N) is 1. The lowest BCUT2D eigenvalue weighted by molar-refractivity contribution is -0.127. The monoisotopic (exact) mass is 339 g/mol. The lowest BCUT2D eigenvalue weighted by Crippen LogP contribution is -2.38. The van der Waals surface area contributed by atoms with E-state index in [-0.39, 0.29) is 5.91 Å². The summed E-state index contributed by atoms with van der Waals surface area (Å²) in [5.41, 5.74) is 1.13. The third-order valence-corrected chi connectivity index (χ3v) is 4.53. The Balaban J connectivity index is 2.04. The molecule has 0 aliphatic heterocycles. The van der Waals surface area contributed by atoms with Crippen LogP contribution in [0.2, 0.25) is 5.02 Å². The van der Waals surface area contributed by atoms with Crippen molar-refractivity contribution in [3.63, 3.8) is 0 Å². The third-order valence-electron chi connectivity index (χ3n) is 4.30. The maximum absolute atomic E-state index is 12.1. The predicted molar refractivity (Wildman–Crippen MR) is 92.3 cm³/mol. The van der Waals surface area contributed by atoms with Crippen LogP contribution in [0.1, 0.15) is 50.5 Å². The van der Waals surface area contributed by atoms with Gasteiger partial charge in [-0.3, -0.25) is 4.79 Å². The number of methoxy groups -OCH3 is 1. The Labute approximate surface area is 143 Å². The second-order valence-corrected chi connectivity index (χ2v) is 6.50. The van der Waals surface area contributed by atoms with Crippen LogP contribution in [-0.4, -0.2) is 32.3 Å². The Hall–Kier alpha value is -1.26. The minimum atomic E-state index is -0.546. The molecule has 0 saturated heterocycles. The average Bonchev–Trinajstić information content (AvgIpc) is 2.57. The van der Waals surface area contributed by atoms with E-state index < -0.39 is 6.10 Å². The van der Waals surface area contributed by atoms with Gasteiger partial charge in [-0.2, -0.15) is 0 Å². The van der Waals surface area contributed by atoms with Crippen LogP contribution in [0, 0.1) is 0 Å². The van der Waals surface area contributed by atoms with Crippen molar-refractivity contribution in [1.29, 1.82) is 0 Å². The van der Waals surface area contributed by atoms with E-state index in [1.54, 1.807) is 14.0 Å². The molecular weight excluding hydrogens is 314 g/mol. The summed E-state index contributed by atoms with van der Waals surface area (Å²) in [6.07, 6.45) is 5.55. The molecule has 1 aromatic carbocycles. The molecule has 1 atom stereocenters. The molecule has 1 aromatic rings. The molecule has 23 heavy (non-hydrogen) atoms. The summed E-state index contributed by atoms with van der Waals surface area (Å²) in [5.74, 6) is 1.11. The fourth-order valence-corrected chi connectivity index (χ4v) is 3.20. The average molecular weight is 340 g/mol. The summed E-state index contributed by atoms with van der Waals surface area (Å²) in [4.78, 5) is 12.1. The van der Waals surface area contributed by atoms with Crippen molar-refractivity contribution in [2.75, 3.05) is 20.3 Å². The molecule has 0 unspecified atom stereocenters. The van der Waals surface area contributed by atoms with Crippen molar-refractivity contribution >= 4 is 17.5 Å². The highest BCUT2D eigenvalue weighted by Gasteiger charge is 2.22. The van der Waals surface area contributed by atoms with Gasteiger partial charge in [-0.05, 0) is 49.4 Å².